The number of thioether (sulfide) groups is 1. The van der Waals surface area contributed by atoms with E-state index in [1.807, 2.05) is 46.3 Å². The first-order chi connectivity index (χ1) is 20.0. The van der Waals surface area contributed by atoms with E-state index in [-0.39, 0.29) is 11.7 Å². The average molecular weight is 609 g/mol. The highest BCUT2D eigenvalue weighted by Gasteiger charge is 2.23. The number of carbonyl (C=O) groups excluding carboxylic acids is 2. The van der Waals surface area contributed by atoms with Gasteiger partial charge in [0.05, 0.1) is 19.0 Å². The molecule has 0 spiro atoms. The minimum absolute atomic E-state index is 0.0677. The molecule has 212 valence electrons. The number of rotatable bonds is 11. The van der Waals surface area contributed by atoms with E-state index in [4.69, 9.17) is 21.1 Å². The van der Waals surface area contributed by atoms with Crippen molar-refractivity contribution in [2.24, 2.45) is 0 Å². The third-order valence-corrected chi connectivity index (χ3v) is 8.78. The molecule has 4 aromatic rings. The number of allylic oxidation sites excluding steroid dienone is 1. The quantitative estimate of drug-likeness (QED) is 0.108. The van der Waals surface area contributed by atoms with Gasteiger partial charge in [-0.2, -0.15) is 0 Å². The Bertz CT molecular complexity index is 1530. The molecule has 41 heavy (non-hydrogen) atoms. The Kier molecular flexibility index (Phi) is 9.43. The number of nitrogens with one attached hydrogen (secondary N) is 1. The van der Waals surface area contributed by atoms with Crippen molar-refractivity contribution in [3.8, 4) is 28.3 Å². The van der Waals surface area contributed by atoms with Crippen molar-refractivity contribution in [1.82, 2.24) is 14.8 Å². The summed E-state index contributed by atoms with van der Waals surface area (Å²) in [5, 5.41) is 15.0. The van der Waals surface area contributed by atoms with E-state index < -0.39 is 5.97 Å². The summed E-state index contributed by atoms with van der Waals surface area (Å²) in [4.78, 5) is 25.6. The highest BCUT2D eigenvalue weighted by atomic mass is 35.5. The van der Waals surface area contributed by atoms with Gasteiger partial charge in [-0.3, -0.25) is 9.36 Å². The Morgan fingerprint density at radius 1 is 1.12 bits per heavy atom. The number of amides is 1. The lowest BCUT2D eigenvalue weighted by Gasteiger charge is -2.13. The van der Waals surface area contributed by atoms with Crippen molar-refractivity contribution in [2.75, 3.05) is 18.2 Å². The molecule has 5 rings (SSSR count). The van der Waals surface area contributed by atoms with Crippen molar-refractivity contribution in [2.45, 2.75) is 43.5 Å². The second-order valence-corrected chi connectivity index (χ2v) is 11.7. The fourth-order valence-corrected chi connectivity index (χ4v) is 6.52. The molecule has 0 atom stereocenters. The van der Waals surface area contributed by atoms with E-state index in [9.17, 15) is 9.59 Å². The molecule has 0 bridgehead atoms. The minimum Gasteiger partial charge on any atom is -0.490 e. The fourth-order valence-electron chi connectivity index (χ4n) is 4.67. The van der Waals surface area contributed by atoms with Gasteiger partial charge in [-0.05, 0) is 67.6 Å². The van der Waals surface area contributed by atoms with Crippen molar-refractivity contribution in [1.29, 1.82) is 0 Å². The number of esters is 1. The van der Waals surface area contributed by atoms with Gasteiger partial charge in [0.1, 0.15) is 16.3 Å². The van der Waals surface area contributed by atoms with Gasteiger partial charge in [-0.25, -0.2) is 4.79 Å². The fraction of sp³-hybridized carbons (Fsp3) is 0.267. The van der Waals surface area contributed by atoms with Gasteiger partial charge in [0, 0.05) is 28.1 Å². The highest BCUT2D eigenvalue weighted by Crippen LogP contribution is 2.37. The summed E-state index contributed by atoms with van der Waals surface area (Å²) >= 11 is 8.54. The van der Waals surface area contributed by atoms with Crippen LogP contribution in [0, 0.1) is 0 Å². The van der Waals surface area contributed by atoms with Crippen LogP contribution in [-0.2, 0) is 16.1 Å². The molecule has 11 heteroatoms. The van der Waals surface area contributed by atoms with Gasteiger partial charge >= 0.3 is 5.97 Å². The van der Waals surface area contributed by atoms with Gasteiger partial charge in [0.15, 0.2) is 11.0 Å². The number of carbonyl (C=O) groups is 2. The molecule has 1 amide bonds. The van der Waals surface area contributed by atoms with Crippen molar-refractivity contribution >= 4 is 51.6 Å². The summed E-state index contributed by atoms with van der Waals surface area (Å²) in [7, 11) is 1.31. The van der Waals surface area contributed by atoms with Gasteiger partial charge in [0.2, 0.25) is 5.91 Å². The molecular formula is C30H29ClN4O4S2. The Morgan fingerprint density at radius 2 is 1.83 bits per heavy atom. The molecule has 1 aliphatic carbocycles. The predicted molar refractivity (Wildman–Crippen MR) is 164 cm³/mol. The van der Waals surface area contributed by atoms with Crippen LogP contribution in [-0.4, -0.2) is 45.6 Å². The van der Waals surface area contributed by atoms with E-state index in [0.717, 1.165) is 29.7 Å². The first kappa shape index (κ1) is 28.9. The summed E-state index contributed by atoms with van der Waals surface area (Å²) in [6.45, 7) is 4.35. The van der Waals surface area contributed by atoms with Crippen LogP contribution in [0.5, 0.6) is 5.75 Å². The number of halogens is 1. The topological polar surface area (TPSA) is 95.3 Å². The first-order valence-corrected chi connectivity index (χ1v) is 15.4. The van der Waals surface area contributed by atoms with Gasteiger partial charge < -0.3 is 14.8 Å². The third kappa shape index (κ3) is 6.83. The zero-order valence-corrected chi connectivity index (χ0v) is 24.9. The SMILES string of the molecule is C=CCn1c(SCC(=O)Nc2scc(-c3ccc(Cl)cc3)c2C(=O)OC)nnc1-c1ccc(OC2CCCC2)cc1. The highest BCUT2D eigenvalue weighted by molar-refractivity contribution is 7.99. The lowest BCUT2D eigenvalue weighted by Crippen LogP contribution is -2.16. The molecule has 0 saturated heterocycles. The maximum atomic E-state index is 13.0. The first-order valence-electron chi connectivity index (χ1n) is 13.2. The van der Waals surface area contributed by atoms with Crippen LogP contribution in [0.2, 0.25) is 5.02 Å². The Balaban J connectivity index is 1.28. The maximum absolute atomic E-state index is 13.0. The molecule has 8 nitrogen and oxygen atoms in total. The molecule has 0 aliphatic heterocycles. The third-order valence-electron chi connectivity index (χ3n) is 6.67. The summed E-state index contributed by atoms with van der Waals surface area (Å²) in [6.07, 6.45) is 6.70. The van der Waals surface area contributed by atoms with Crippen molar-refractivity contribution < 1.29 is 19.1 Å². The summed E-state index contributed by atoms with van der Waals surface area (Å²) < 4.78 is 13.0. The van der Waals surface area contributed by atoms with Crippen LogP contribution in [0.1, 0.15) is 36.0 Å². The number of nitrogens with zero attached hydrogens (tertiary/aromatic N) is 3. The van der Waals surface area contributed by atoms with Gasteiger partial charge in [-0.15, -0.1) is 28.1 Å². The van der Waals surface area contributed by atoms with Crippen LogP contribution in [0.3, 0.4) is 0 Å². The normalized spacial score (nSPS) is 13.2. The molecule has 1 aliphatic rings. The van der Waals surface area contributed by atoms with Crippen LogP contribution in [0.15, 0.2) is 71.7 Å². The molecule has 1 fully saturated rings. The Morgan fingerprint density at radius 3 is 2.51 bits per heavy atom. The lowest BCUT2D eigenvalue weighted by molar-refractivity contribution is -0.113. The number of thiophene rings is 1. The number of aromatic nitrogens is 3. The summed E-state index contributed by atoms with van der Waals surface area (Å²) in [5.74, 6) is 0.778. The average Bonchev–Trinajstić information content (AvgIpc) is 3.74. The van der Waals surface area contributed by atoms with Crippen LogP contribution >= 0.6 is 34.7 Å². The van der Waals surface area contributed by atoms with Crippen molar-refractivity contribution in [3.63, 3.8) is 0 Å². The van der Waals surface area contributed by atoms with E-state index in [2.05, 4.69) is 22.1 Å². The number of hydrogen-bond acceptors (Lipinski definition) is 8. The number of anilines is 1. The molecule has 2 heterocycles. The molecule has 1 N–H and O–H groups in total. The van der Waals surface area contributed by atoms with E-state index in [0.29, 0.717) is 44.8 Å². The summed E-state index contributed by atoms with van der Waals surface area (Å²) in [5.41, 5.74) is 2.65. The van der Waals surface area contributed by atoms with E-state index in [1.54, 1.807) is 18.2 Å². The van der Waals surface area contributed by atoms with Crippen LogP contribution in [0.25, 0.3) is 22.5 Å². The molecule has 0 radical (unpaired) electrons. The van der Waals surface area contributed by atoms with E-state index >= 15 is 0 Å². The molecule has 1 saturated carbocycles. The maximum Gasteiger partial charge on any atom is 0.341 e. The second kappa shape index (κ2) is 13.4. The largest absolute Gasteiger partial charge is 0.490 e. The van der Waals surface area contributed by atoms with Gasteiger partial charge in [0.25, 0.3) is 0 Å². The number of benzene rings is 2. The minimum atomic E-state index is -0.533. The molecule has 2 aromatic carbocycles. The number of hydrogen-bond donors (Lipinski definition) is 1. The monoisotopic (exact) mass is 608 g/mol. The Labute approximate surface area is 251 Å². The zero-order chi connectivity index (χ0) is 28.8. The lowest BCUT2D eigenvalue weighted by atomic mass is 10.0. The molecule has 2 aromatic heterocycles. The van der Waals surface area contributed by atoms with Crippen LogP contribution in [0.4, 0.5) is 5.00 Å². The zero-order valence-electron chi connectivity index (χ0n) is 22.5. The number of methoxy groups -OCH3 is 1. The van der Waals surface area contributed by atoms with Crippen molar-refractivity contribution in [3.05, 3.63) is 77.2 Å². The van der Waals surface area contributed by atoms with Gasteiger partial charge in [-0.1, -0.05) is 41.6 Å². The predicted octanol–water partition coefficient (Wildman–Crippen LogP) is 7.35. The Hall–Kier alpha value is -3.60. The number of ether oxygens (including phenoxy) is 2. The summed E-state index contributed by atoms with van der Waals surface area (Å²) in [6, 6.07) is 15.0. The molecular weight excluding hydrogens is 580 g/mol. The smallest absolute Gasteiger partial charge is 0.341 e. The second-order valence-electron chi connectivity index (χ2n) is 9.44. The molecule has 0 unspecified atom stereocenters. The standard InChI is InChI=1S/C30H29ClN4O4S2/c1-3-16-35-27(20-10-14-23(15-11-20)39-22-6-4-5-7-22)33-34-30(35)41-18-25(36)32-28-26(29(37)38-2)24(17-40-28)19-8-12-21(31)13-9-19/h3,8-15,17,22H,1,4-7,16,18H2,2H3,(H,32,36). The van der Waals surface area contributed by atoms with E-state index in [1.165, 1.54) is 43.1 Å². The van der Waals surface area contributed by atoms with Crippen LogP contribution < -0.4 is 10.1 Å².